The molecular weight excluding hydrogens is 258 g/mol. The number of hydrogen-bond donors (Lipinski definition) is 2. The Labute approximate surface area is 128 Å². The molecule has 0 aromatic carbocycles. The van der Waals surface area contributed by atoms with Crippen LogP contribution in [0, 0.1) is 28.6 Å². The predicted molar refractivity (Wildman–Crippen MR) is 85.6 cm³/mol. The van der Waals surface area contributed by atoms with E-state index >= 15 is 0 Å². The van der Waals surface area contributed by atoms with Crippen molar-refractivity contribution in [3.63, 3.8) is 0 Å². The van der Waals surface area contributed by atoms with Gasteiger partial charge in [-0.25, -0.2) is 0 Å². The van der Waals surface area contributed by atoms with Gasteiger partial charge in [0.25, 0.3) is 0 Å². The summed E-state index contributed by atoms with van der Waals surface area (Å²) in [6.45, 7) is 4.76. The summed E-state index contributed by atoms with van der Waals surface area (Å²) in [5, 5.41) is 10.4. The van der Waals surface area contributed by atoms with E-state index in [9.17, 15) is 5.11 Å². The van der Waals surface area contributed by atoms with Crippen LogP contribution < -0.4 is 5.73 Å². The van der Waals surface area contributed by atoms with Gasteiger partial charge in [0.15, 0.2) is 0 Å². The molecule has 0 heterocycles. The molecule has 0 spiro atoms. The summed E-state index contributed by atoms with van der Waals surface area (Å²) in [4.78, 5) is 0. The Balaban J connectivity index is 1.74. The maximum absolute atomic E-state index is 10.4. The van der Waals surface area contributed by atoms with E-state index < -0.39 is 0 Å². The highest BCUT2D eigenvalue weighted by Gasteiger charge is 2.56. The van der Waals surface area contributed by atoms with Crippen molar-refractivity contribution in [2.45, 2.75) is 64.5 Å². The van der Waals surface area contributed by atoms with E-state index in [-0.39, 0.29) is 23.0 Å². The molecule has 3 N–H and O–H groups in total. The van der Waals surface area contributed by atoms with Crippen LogP contribution in [0.2, 0.25) is 0 Å². The number of hydrogen-bond acceptors (Lipinski definition) is 2. The van der Waals surface area contributed by atoms with Crippen molar-refractivity contribution in [1.82, 2.24) is 0 Å². The van der Waals surface area contributed by atoms with Crippen LogP contribution in [0.3, 0.4) is 0 Å². The van der Waals surface area contributed by atoms with Gasteiger partial charge < -0.3 is 10.8 Å². The lowest BCUT2D eigenvalue weighted by molar-refractivity contribution is 0.00482. The van der Waals surface area contributed by atoms with Crippen LogP contribution in [0.5, 0.6) is 0 Å². The molecule has 0 amide bonds. The van der Waals surface area contributed by atoms with Gasteiger partial charge in [-0.3, -0.25) is 0 Å². The number of aliphatic hydroxyl groups excluding tert-OH is 1. The standard InChI is InChI=1S/C19H29NO/c1-18-9-7-13(20)11-12(18)3-4-14-15-5-6-17(21)19(15,2)10-8-16(14)18/h7-9,12-15,17,21H,3-6,10-11,20H2,1-2H3/t12-,13+,14+,15+,17+,18+,19+/m1/s1. The second kappa shape index (κ2) is 4.45. The first-order chi connectivity index (χ1) is 9.95. The van der Waals surface area contributed by atoms with Crippen LogP contribution >= 0.6 is 0 Å². The lowest BCUT2D eigenvalue weighted by Crippen LogP contribution is -2.48. The van der Waals surface area contributed by atoms with E-state index in [1.165, 1.54) is 19.3 Å². The van der Waals surface area contributed by atoms with Crippen molar-refractivity contribution < 1.29 is 5.11 Å². The molecule has 2 nitrogen and oxygen atoms in total. The Hall–Kier alpha value is -0.600. The molecule has 0 aromatic rings. The molecule has 2 saturated carbocycles. The van der Waals surface area contributed by atoms with Crippen LogP contribution in [-0.2, 0) is 0 Å². The van der Waals surface area contributed by atoms with Crippen molar-refractivity contribution in [2.75, 3.05) is 0 Å². The Morgan fingerprint density at radius 2 is 2.00 bits per heavy atom. The van der Waals surface area contributed by atoms with Crippen molar-refractivity contribution in [3.05, 3.63) is 23.8 Å². The largest absolute Gasteiger partial charge is 0.393 e. The van der Waals surface area contributed by atoms with Gasteiger partial charge in [0.1, 0.15) is 0 Å². The summed E-state index contributed by atoms with van der Waals surface area (Å²) in [7, 11) is 0. The van der Waals surface area contributed by atoms with Crippen LogP contribution in [-0.4, -0.2) is 17.3 Å². The zero-order valence-corrected chi connectivity index (χ0v) is 13.4. The molecule has 4 rings (SSSR count). The summed E-state index contributed by atoms with van der Waals surface area (Å²) in [6.07, 6.45) is 14.1. The molecule has 116 valence electrons. The normalized spacial score (nSPS) is 55.4. The summed E-state index contributed by atoms with van der Waals surface area (Å²) in [5.74, 6) is 2.10. The van der Waals surface area contributed by atoms with E-state index in [4.69, 9.17) is 5.73 Å². The Kier molecular flexibility index (Phi) is 2.97. The summed E-state index contributed by atoms with van der Waals surface area (Å²) < 4.78 is 0. The van der Waals surface area contributed by atoms with E-state index in [1.54, 1.807) is 5.57 Å². The number of allylic oxidation sites excluding steroid dienone is 3. The molecule has 0 unspecified atom stereocenters. The Morgan fingerprint density at radius 3 is 2.81 bits per heavy atom. The molecule has 0 aliphatic heterocycles. The van der Waals surface area contributed by atoms with Crippen molar-refractivity contribution >= 4 is 0 Å². The lowest BCUT2D eigenvalue weighted by atomic mass is 9.50. The van der Waals surface area contributed by atoms with E-state index in [0.29, 0.717) is 11.8 Å². The third-order valence-corrected chi connectivity index (χ3v) is 7.55. The van der Waals surface area contributed by atoms with Gasteiger partial charge in [-0.15, -0.1) is 0 Å². The van der Waals surface area contributed by atoms with Crippen LogP contribution in [0.25, 0.3) is 0 Å². The second-order valence-electron chi connectivity index (χ2n) is 8.49. The third-order valence-electron chi connectivity index (χ3n) is 7.55. The lowest BCUT2D eigenvalue weighted by Gasteiger charge is -2.54. The predicted octanol–water partition coefficient (Wildman–Crippen LogP) is 3.41. The first-order valence-electron chi connectivity index (χ1n) is 8.78. The van der Waals surface area contributed by atoms with Gasteiger partial charge in [-0.1, -0.05) is 37.6 Å². The van der Waals surface area contributed by atoms with E-state index in [0.717, 1.165) is 25.2 Å². The molecule has 4 aliphatic carbocycles. The smallest absolute Gasteiger partial charge is 0.0599 e. The molecule has 2 heteroatoms. The zero-order chi connectivity index (χ0) is 14.8. The summed E-state index contributed by atoms with van der Waals surface area (Å²) in [6, 6.07) is 0.252. The van der Waals surface area contributed by atoms with Crippen molar-refractivity contribution in [1.29, 1.82) is 0 Å². The molecule has 7 atom stereocenters. The average Bonchev–Trinajstić information content (AvgIpc) is 2.76. The molecule has 4 aliphatic rings. The highest BCUT2D eigenvalue weighted by Crippen LogP contribution is 2.62. The maximum Gasteiger partial charge on any atom is 0.0599 e. The zero-order valence-electron chi connectivity index (χ0n) is 13.4. The second-order valence-corrected chi connectivity index (χ2v) is 8.49. The molecular formula is C19H29NO. The van der Waals surface area contributed by atoms with E-state index in [1.807, 2.05) is 0 Å². The molecule has 0 radical (unpaired) electrons. The number of fused-ring (bicyclic) bond motifs is 5. The van der Waals surface area contributed by atoms with Crippen LogP contribution in [0.1, 0.15) is 52.4 Å². The fourth-order valence-electron chi connectivity index (χ4n) is 6.11. The number of nitrogens with two attached hydrogens (primary N) is 1. The minimum Gasteiger partial charge on any atom is -0.393 e. The minimum absolute atomic E-state index is 0.0962. The van der Waals surface area contributed by atoms with Crippen LogP contribution in [0.15, 0.2) is 23.8 Å². The SMILES string of the molecule is C[C@]12CC=C3[C@@H](CC[C@@H]4C[C@@H](N)C=C[C@]34C)[C@@H]1CC[C@@H]2O. The first kappa shape index (κ1) is 14.0. The van der Waals surface area contributed by atoms with E-state index in [2.05, 4.69) is 32.1 Å². The minimum atomic E-state index is -0.0962. The fraction of sp³-hybridized carbons (Fsp3) is 0.789. The van der Waals surface area contributed by atoms with Gasteiger partial charge in [-0.05, 0) is 56.3 Å². The van der Waals surface area contributed by atoms with Crippen molar-refractivity contribution in [2.24, 2.45) is 34.3 Å². The topological polar surface area (TPSA) is 46.2 Å². The molecule has 2 fully saturated rings. The van der Waals surface area contributed by atoms with Gasteiger partial charge in [0, 0.05) is 16.9 Å². The molecule has 21 heavy (non-hydrogen) atoms. The summed E-state index contributed by atoms with van der Waals surface area (Å²) >= 11 is 0. The highest BCUT2D eigenvalue weighted by atomic mass is 16.3. The Morgan fingerprint density at radius 1 is 1.19 bits per heavy atom. The quantitative estimate of drug-likeness (QED) is 0.671. The molecule has 0 bridgehead atoms. The molecule has 0 aromatic heterocycles. The molecule has 0 saturated heterocycles. The first-order valence-corrected chi connectivity index (χ1v) is 8.78. The van der Waals surface area contributed by atoms with Gasteiger partial charge in [0.05, 0.1) is 6.10 Å². The maximum atomic E-state index is 10.4. The monoisotopic (exact) mass is 287 g/mol. The van der Waals surface area contributed by atoms with Crippen molar-refractivity contribution in [3.8, 4) is 0 Å². The van der Waals surface area contributed by atoms with Gasteiger partial charge >= 0.3 is 0 Å². The highest BCUT2D eigenvalue weighted by molar-refractivity contribution is 5.34. The van der Waals surface area contributed by atoms with Gasteiger partial charge in [0.2, 0.25) is 0 Å². The van der Waals surface area contributed by atoms with Crippen LogP contribution in [0.4, 0.5) is 0 Å². The number of rotatable bonds is 0. The third kappa shape index (κ3) is 1.78. The Bertz CT molecular complexity index is 510. The summed E-state index contributed by atoms with van der Waals surface area (Å²) in [5.41, 5.74) is 8.19. The van der Waals surface area contributed by atoms with Gasteiger partial charge in [-0.2, -0.15) is 0 Å². The fourth-order valence-corrected chi connectivity index (χ4v) is 6.11. The number of aliphatic hydroxyl groups is 1. The average molecular weight is 287 g/mol.